The number of hydrogen-bond acceptors (Lipinski definition) is 5. The number of nitrogens with one attached hydrogen (secondary N) is 1. The van der Waals surface area contributed by atoms with Gasteiger partial charge in [-0.1, -0.05) is 36.2 Å². The average Bonchev–Trinajstić information content (AvgIpc) is 2.57. The van der Waals surface area contributed by atoms with Gasteiger partial charge in [0.2, 0.25) is 5.88 Å². The number of nitrogens with zero attached hydrogens (tertiary/aromatic N) is 2. The summed E-state index contributed by atoms with van der Waals surface area (Å²) in [4.78, 5) is 6.59. The first kappa shape index (κ1) is 18.2. The first-order chi connectivity index (χ1) is 11.4. The summed E-state index contributed by atoms with van der Waals surface area (Å²) in [5.41, 5.74) is 1.76. The van der Waals surface area contributed by atoms with Crippen LogP contribution in [0.1, 0.15) is 24.6 Å². The van der Waals surface area contributed by atoms with Crippen LogP contribution in [0.5, 0.6) is 5.88 Å². The van der Waals surface area contributed by atoms with Crippen molar-refractivity contribution in [2.24, 2.45) is 5.10 Å². The van der Waals surface area contributed by atoms with E-state index in [1.54, 1.807) is 24.3 Å². The Kier molecular flexibility index (Phi) is 5.80. The van der Waals surface area contributed by atoms with Crippen LogP contribution in [0.15, 0.2) is 46.4 Å². The van der Waals surface area contributed by atoms with Crippen LogP contribution in [-0.2, 0) is 10.0 Å². The molecule has 0 unspecified atom stereocenters. The van der Waals surface area contributed by atoms with E-state index in [0.717, 1.165) is 5.56 Å². The van der Waals surface area contributed by atoms with Gasteiger partial charge in [-0.25, -0.2) is 4.98 Å². The lowest BCUT2D eigenvalue weighted by atomic mass is 10.2. The number of sulfonamides is 1. The number of benzene rings is 1. The maximum absolute atomic E-state index is 12.3. The zero-order valence-corrected chi connectivity index (χ0v) is 15.1. The molecule has 0 saturated carbocycles. The van der Waals surface area contributed by atoms with Crippen LogP contribution >= 0.6 is 11.6 Å². The van der Waals surface area contributed by atoms with E-state index in [1.165, 1.54) is 19.2 Å². The van der Waals surface area contributed by atoms with Gasteiger partial charge in [-0.3, -0.25) is 0 Å². The van der Waals surface area contributed by atoms with E-state index in [9.17, 15) is 8.42 Å². The van der Waals surface area contributed by atoms with Crippen LogP contribution < -0.4 is 9.57 Å². The van der Waals surface area contributed by atoms with Crippen molar-refractivity contribution in [2.75, 3.05) is 7.11 Å². The Hall–Kier alpha value is -2.12. The van der Waals surface area contributed by atoms with Crippen molar-refractivity contribution in [2.45, 2.75) is 25.2 Å². The van der Waals surface area contributed by atoms with Gasteiger partial charge >= 0.3 is 0 Å². The molecule has 6 nitrogen and oxygen atoms in total. The molecule has 0 atom stereocenters. The largest absolute Gasteiger partial charge is 0.481 e. The molecule has 2 rings (SSSR count). The molecule has 0 aliphatic carbocycles. The van der Waals surface area contributed by atoms with Crippen LogP contribution in [-0.4, -0.2) is 26.2 Å². The number of ether oxygens (including phenoxy) is 1. The Labute approximate surface area is 146 Å². The Balaban J connectivity index is 2.33. The second-order valence-electron chi connectivity index (χ2n) is 5.00. The molecule has 0 aliphatic rings. The molecule has 0 spiro atoms. The molecule has 8 heteroatoms. The minimum absolute atomic E-state index is 0.136. The van der Waals surface area contributed by atoms with E-state index in [4.69, 9.17) is 16.3 Å². The highest BCUT2D eigenvalue weighted by atomic mass is 35.5. The molecule has 24 heavy (non-hydrogen) atoms. The van der Waals surface area contributed by atoms with Gasteiger partial charge in [0.05, 0.1) is 22.7 Å². The number of halogens is 1. The number of pyridine rings is 1. The second-order valence-corrected chi connectivity index (χ2v) is 7.07. The monoisotopic (exact) mass is 367 g/mol. The van der Waals surface area contributed by atoms with E-state index in [0.29, 0.717) is 28.7 Å². The zero-order valence-electron chi connectivity index (χ0n) is 13.6. The third-order valence-corrected chi connectivity index (χ3v) is 4.80. The van der Waals surface area contributed by atoms with E-state index >= 15 is 0 Å². The SMILES string of the molecule is CCC(=NNS(=O)(=O)c1ccc(C)cc1)c1nc(OC)ccc1Cl. The number of rotatable bonds is 6. The minimum Gasteiger partial charge on any atom is -0.481 e. The maximum atomic E-state index is 12.3. The van der Waals surface area contributed by atoms with Crippen molar-refractivity contribution in [3.05, 3.63) is 52.7 Å². The van der Waals surface area contributed by atoms with Crippen LogP contribution in [0.25, 0.3) is 0 Å². The van der Waals surface area contributed by atoms with Crippen LogP contribution in [0.2, 0.25) is 5.02 Å². The lowest BCUT2D eigenvalue weighted by molar-refractivity contribution is 0.397. The lowest BCUT2D eigenvalue weighted by Crippen LogP contribution is -2.21. The van der Waals surface area contributed by atoms with Gasteiger partial charge in [0.1, 0.15) is 5.69 Å². The lowest BCUT2D eigenvalue weighted by Gasteiger charge is -2.09. The first-order valence-electron chi connectivity index (χ1n) is 7.23. The highest BCUT2D eigenvalue weighted by Gasteiger charge is 2.15. The first-order valence-corrected chi connectivity index (χ1v) is 9.09. The van der Waals surface area contributed by atoms with Gasteiger partial charge in [0, 0.05) is 6.07 Å². The normalized spacial score (nSPS) is 12.1. The summed E-state index contributed by atoms with van der Waals surface area (Å²) >= 11 is 6.14. The van der Waals surface area contributed by atoms with Crippen molar-refractivity contribution in [1.82, 2.24) is 9.82 Å². The van der Waals surface area contributed by atoms with Gasteiger partial charge in [-0.05, 0) is 31.5 Å². The van der Waals surface area contributed by atoms with Gasteiger partial charge < -0.3 is 4.74 Å². The van der Waals surface area contributed by atoms with Crippen molar-refractivity contribution in [3.8, 4) is 5.88 Å². The molecule has 1 N–H and O–H groups in total. The quantitative estimate of drug-likeness (QED) is 0.628. The minimum atomic E-state index is -3.76. The Bertz CT molecular complexity index is 849. The summed E-state index contributed by atoms with van der Waals surface area (Å²) in [7, 11) is -2.27. The molecule has 0 radical (unpaired) electrons. The van der Waals surface area contributed by atoms with Gasteiger partial charge in [0.25, 0.3) is 10.0 Å². The number of hydrazone groups is 1. The van der Waals surface area contributed by atoms with E-state index in [-0.39, 0.29) is 4.90 Å². The molecular weight excluding hydrogens is 350 g/mol. The van der Waals surface area contributed by atoms with Crippen molar-refractivity contribution < 1.29 is 13.2 Å². The predicted molar refractivity (Wildman–Crippen MR) is 94.1 cm³/mol. The summed E-state index contributed by atoms with van der Waals surface area (Å²) in [6, 6.07) is 9.74. The molecule has 2 aromatic rings. The smallest absolute Gasteiger partial charge is 0.276 e. The highest BCUT2D eigenvalue weighted by Crippen LogP contribution is 2.20. The van der Waals surface area contributed by atoms with Crippen LogP contribution in [0.3, 0.4) is 0 Å². The summed E-state index contributed by atoms with van der Waals surface area (Å²) in [6.07, 6.45) is 0.441. The Morgan fingerprint density at radius 1 is 1.25 bits per heavy atom. The Morgan fingerprint density at radius 2 is 1.92 bits per heavy atom. The number of aryl methyl sites for hydroxylation is 1. The predicted octanol–water partition coefficient (Wildman–Crippen LogP) is 3.14. The van der Waals surface area contributed by atoms with Gasteiger partial charge in [0.15, 0.2) is 0 Å². The topological polar surface area (TPSA) is 80.7 Å². The second kappa shape index (κ2) is 7.63. The molecule has 1 aromatic carbocycles. The van der Waals surface area contributed by atoms with E-state index < -0.39 is 10.0 Å². The number of methoxy groups -OCH3 is 1. The molecular formula is C16H18ClN3O3S. The van der Waals surface area contributed by atoms with E-state index in [2.05, 4.69) is 14.9 Å². The molecule has 0 aliphatic heterocycles. The Morgan fingerprint density at radius 3 is 2.50 bits per heavy atom. The summed E-state index contributed by atoms with van der Waals surface area (Å²) in [5, 5.41) is 4.36. The fourth-order valence-electron chi connectivity index (χ4n) is 1.93. The number of hydrogen-bond donors (Lipinski definition) is 1. The van der Waals surface area contributed by atoms with Gasteiger partial charge in [-0.2, -0.15) is 18.4 Å². The summed E-state index contributed by atoms with van der Waals surface area (Å²) in [5.74, 6) is 0.372. The standard InChI is InChI=1S/C16H18ClN3O3S/c1-4-14(16-13(17)9-10-15(18-16)23-3)19-20-24(21,22)12-7-5-11(2)6-8-12/h5-10,20H,4H2,1-3H3. The van der Waals surface area contributed by atoms with Crippen molar-refractivity contribution in [1.29, 1.82) is 0 Å². The molecule has 128 valence electrons. The molecule has 0 amide bonds. The van der Waals surface area contributed by atoms with Crippen molar-refractivity contribution in [3.63, 3.8) is 0 Å². The zero-order chi connectivity index (χ0) is 17.7. The highest BCUT2D eigenvalue weighted by molar-refractivity contribution is 7.89. The van der Waals surface area contributed by atoms with E-state index in [1.807, 2.05) is 13.8 Å². The number of aromatic nitrogens is 1. The average molecular weight is 368 g/mol. The maximum Gasteiger partial charge on any atom is 0.276 e. The third-order valence-electron chi connectivity index (χ3n) is 3.27. The fourth-order valence-corrected chi connectivity index (χ4v) is 2.97. The molecule has 1 aromatic heterocycles. The van der Waals surface area contributed by atoms with Crippen LogP contribution in [0.4, 0.5) is 0 Å². The summed E-state index contributed by atoms with van der Waals surface area (Å²) < 4.78 is 29.7. The van der Waals surface area contributed by atoms with Crippen molar-refractivity contribution >= 4 is 27.3 Å². The fraction of sp³-hybridized carbons (Fsp3) is 0.250. The molecule has 0 fully saturated rings. The van der Waals surface area contributed by atoms with Gasteiger partial charge in [-0.15, -0.1) is 0 Å². The molecule has 1 heterocycles. The molecule has 0 saturated heterocycles. The van der Waals surface area contributed by atoms with Crippen LogP contribution in [0, 0.1) is 6.92 Å². The molecule has 0 bridgehead atoms. The summed E-state index contributed by atoms with van der Waals surface area (Å²) in [6.45, 7) is 3.71. The third kappa shape index (κ3) is 4.24.